The smallest absolute Gasteiger partial charge is 0.191 e. The van der Waals surface area contributed by atoms with Crippen molar-refractivity contribution in [3.8, 4) is 0 Å². The molecular formula is C20H33N3O. The lowest BCUT2D eigenvalue weighted by atomic mass is 9.83. The molecule has 0 bridgehead atoms. The quantitative estimate of drug-likeness (QED) is 0.565. The first-order chi connectivity index (χ1) is 11.7. The average molecular weight is 332 g/mol. The molecule has 0 saturated heterocycles. The van der Waals surface area contributed by atoms with E-state index >= 15 is 0 Å². The van der Waals surface area contributed by atoms with E-state index in [2.05, 4.69) is 52.9 Å². The molecule has 2 N–H and O–H groups in total. The number of nitrogens with zero attached hydrogens (tertiary/aromatic N) is 1. The first-order valence-electron chi connectivity index (χ1n) is 9.17. The summed E-state index contributed by atoms with van der Waals surface area (Å²) in [6, 6.07) is 10.6. The largest absolute Gasteiger partial charge is 0.385 e. The van der Waals surface area contributed by atoms with Crippen LogP contribution in [0.15, 0.2) is 35.3 Å². The lowest BCUT2D eigenvalue weighted by molar-refractivity contribution is 0.138. The van der Waals surface area contributed by atoms with Crippen LogP contribution in [0, 0.1) is 5.41 Å². The molecule has 4 nitrogen and oxygen atoms in total. The molecule has 0 aromatic heterocycles. The Balaban J connectivity index is 1.81. The van der Waals surface area contributed by atoms with Crippen LogP contribution in [0.4, 0.5) is 0 Å². The van der Waals surface area contributed by atoms with E-state index in [-0.39, 0.29) is 0 Å². The van der Waals surface area contributed by atoms with Gasteiger partial charge in [-0.1, -0.05) is 50.1 Å². The Morgan fingerprint density at radius 3 is 2.54 bits per heavy atom. The maximum Gasteiger partial charge on any atom is 0.191 e. The van der Waals surface area contributed by atoms with Crippen molar-refractivity contribution in [2.24, 2.45) is 10.4 Å². The van der Waals surface area contributed by atoms with Crippen molar-refractivity contribution in [2.45, 2.75) is 44.9 Å². The standard InChI is InChI=1S/C20H33N3O/c1-17(18-9-5-4-6-10-18)15-22-19(21-2)23-16-20(13-14-24-3)11-7-8-12-20/h4-6,9-10,17H,7-8,11-16H2,1-3H3,(H2,21,22,23). The second-order valence-corrected chi connectivity index (χ2v) is 7.07. The Kier molecular flexibility index (Phi) is 7.57. The van der Waals surface area contributed by atoms with Crippen LogP contribution in [0.2, 0.25) is 0 Å². The minimum atomic E-state index is 0.374. The molecule has 24 heavy (non-hydrogen) atoms. The van der Waals surface area contributed by atoms with Gasteiger partial charge in [-0.2, -0.15) is 0 Å². The van der Waals surface area contributed by atoms with Crippen molar-refractivity contribution in [3.63, 3.8) is 0 Å². The zero-order valence-corrected chi connectivity index (χ0v) is 15.5. The molecule has 1 aliphatic rings. The summed E-state index contributed by atoms with van der Waals surface area (Å²) < 4.78 is 5.32. The highest BCUT2D eigenvalue weighted by Gasteiger charge is 2.33. The molecule has 1 aromatic carbocycles. The summed E-state index contributed by atoms with van der Waals surface area (Å²) in [6.07, 6.45) is 6.39. The van der Waals surface area contributed by atoms with Crippen LogP contribution in [-0.4, -0.2) is 39.8 Å². The van der Waals surface area contributed by atoms with Crippen LogP contribution >= 0.6 is 0 Å². The highest BCUT2D eigenvalue weighted by atomic mass is 16.5. The number of ether oxygens (including phenoxy) is 1. The first-order valence-corrected chi connectivity index (χ1v) is 9.17. The van der Waals surface area contributed by atoms with Crippen molar-refractivity contribution >= 4 is 5.96 Å². The minimum Gasteiger partial charge on any atom is -0.385 e. The fourth-order valence-electron chi connectivity index (χ4n) is 3.60. The minimum absolute atomic E-state index is 0.374. The number of guanidine groups is 1. The maximum atomic E-state index is 5.32. The van der Waals surface area contributed by atoms with Gasteiger partial charge in [0.15, 0.2) is 5.96 Å². The summed E-state index contributed by atoms with van der Waals surface area (Å²) in [6.45, 7) is 4.95. The molecule has 1 atom stereocenters. The van der Waals surface area contributed by atoms with Gasteiger partial charge in [0.05, 0.1) is 0 Å². The Labute approximate surface area is 147 Å². The number of benzene rings is 1. The number of hydrogen-bond donors (Lipinski definition) is 2. The maximum absolute atomic E-state index is 5.32. The van der Waals surface area contributed by atoms with E-state index in [1.165, 1.54) is 31.2 Å². The molecule has 0 amide bonds. The molecule has 1 fully saturated rings. The van der Waals surface area contributed by atoms with Gasteiger partial charge < -0.3 is 15.4 Å². The number of nitrogens with one attached hydrogen (secondary N) is 2. The summed E-state index contributed by atoms with van der Waals surface area (Å²) in [5, 5.41) is 7.02. The molecule has 0 spiro atoms. The van der Waals surface area contributed by atoms with Gasteiger partial charge in [-0.25, -0.2) is 0 Å². The van der Waals surface area contributed by atoms with Gasteiger partial charge in [0.2, 0.25) is 0 Å². The Hall–Kier alpha value is -1.55. The number of hydrogen-bond acceptors (Lipinski definition) is 2. The van der Waals surface area contributed by atoms with Gasteiger partial charge in [-0.15, -0.1) is 0 Å². The van der Waals surface area contributed by atoms with E-state index in [1.807, 2.05) is 7.05 Å². The highest BCUT2D eigenvalue weighted by molar-refractivity contribution is 5.79. The molecule has 134 valence electrons. The highest BCUT2D eigenvalue weighted by Crippen LogP contribution is 2.40. The van der Waals surface area contributed by atoms with Crippen LogP contribution in [-0.2, 0) is 4.74 Å². The van der Waals surface area contributed by atoms with Gasteiger partial charge in [-0.3, -0.25) is 4.99 Å². The number of rotatable bonds is 8. The Morgan fingerprint density at radius 2 is 1.92 bits per heavy atom. The van der Waals surface area contributed by atoms with Crippen LogP contribution in [0.1, 0.15) is 50.5 Å². The fraction of sp³-hybridized carbons (Fsp3) is 0.650. The van der Waals surface area contributed by atoms with Gasteiger partial charge in [0.1, 0.15) is 0 Å². The van der Waals surface area contributed by atoms with E-state index in [4.69, 9.17) is 4.74 Å². The summed E-state index contributed by atoms with van der Waals surface area (Å²) in [7, 11) is 3.64. The number of aliphatic imine (C=N–C) groups is 1. The van der Waals surface area contributed by atoms with Crippen molar-refractivity contribution < 1.29 is 4.74 Å². The van der Waals surface area contributed by atoms with Crippen LogP contribution in [0.3, 0.4) is 0 Å². The summed E-state index contributed by atoms with van der Waals surface area (Å²) in [4.78, 5) is 4.39. The van der Waals surface area contributed by atoms with Crippen LogP contribution in [0.25, 0.3) is 0 Å². The van der Waals surface area contributed by atoms with E-state index in [9.17, 15) is 0 Å². The summed E-state index contributed by atoms with van der Waals surface area (Å²) in [5.41, 5.74) is 1.73. The van der Waals surface area contributed by atoms with Gasteiger partial charge in [0.25, 0.3) is 0 Å². The third kappa shape index (κ3) is 5.52. The molecule has 2 rings (SSSR count). The molecule has 0 heterocycles. The van der Waals surface area contributed by atoms with Crippen molar-refractivity contribution in [1.29, 1.82) is 0 Å². The van der Waals surface area contributed by atoms with E-state index in [0.717, 1.165) is 32.1 Å². The summed E-state index contributed by atoms with van der Waals surface area (Å²) >= 11 is 0. The van der Waals surface area contributed by atoms with Crippen molar-refractivity contribution in [3.05, 3.63) is 35.9 Å². The number of methoxy groups -OCH3 is 1. The molecule has 1 unspecified atom stereocenters. The van der Waals surface area contributed by atoms with E-state index in [0.29, 0.717) is 11.3 Å². The SMILES string of the molecule is CN=C(NCC(C)c1ccccc1)NCC1(CCOC)CCCC1. The molecule has 4 heteroatoms. The molecule has 1 aliphatic carbocycles. The molecule has 1 aromatic rings. The lowest BCUT2D eigenvalue weighted by Crippen LogP contribution is -2.44. The van der Waals surface area contributed by atoms with E-state index < -0.39 is 0 Å². The van der Waals surface area contributed by atoms with Crippen molar-refractivity contribution in [2.75, 3.05) is 33.9 Å². The monoisotopic (exact) mass is 331 g/mol. The van der Waals surface area contributed by atoms with Crippen molar-refractivity contribution in [1.82, 2.24) is 10.6 Å². The zero-order chi connectivity index (χ0) is 17.3. The Bertz CT molecular complexity index is 495. The third-order valence-corrected chi connectivity index (χ3v) is 5.30. The van der Waals surface area contributed by atoms with Gasteiger partial charge >= 0.3 is 0 Å². The second-order valence-electron chi connectivity index (χ2n) is 7.07. The zero-order valence-electron chi connectivity index (χ0n) is 15.5. The fourth-order valence-corrected chi connectivity index (χ4v) is 3.60. The van der Waals surface area contributed by atoms with Crippen LogP contribution in [0.5, 0.6) is 0 Å². The second kappa shape index (κ2) is 9.67. The Morgan fingerprint density at radius 1 is 1.21 bits per heavy atom. The van der Waals surface area contributed by atoms with Gasteiger partial charge in [-0.05, 0) is 36.2 Å². The third-order valence-electron chi connectivity index (χ3n) is 5.30. The lowest BCUT2D eigenvalue weighted by Gasteiger charge is -2.30. The topological polar surface area (TPSA) is 45.7 Å². The average Bonchev–Trinajstić information content (AvgIpc) is 3.10. The van der Waals surface area contributed by atoms with Gasteiger partial charge in [0, 0.05) is 33.9 Å². The molecule has 0 aliphatic heterocycles. The summed E-state index contributed by atoms with van der Waals surface area (Å²) in [5.74, 6) is 1.36. The van der Waals surface area contributed by atoms with Crippen LogP contribution < -0.4 is 10.6 Å². The normalized spacial score (nSPS) is 18.4. The predicted octanol–water partition coefficient (Wildman–Crippen LogP) is 3.55. The molecule has 0 radical (unpaired) electrons. The molecular weight excluding hydrogens is 298 g/mol. The predicted molar refractivity (Wildman–Crippen MR) is 102 cm³/mol. The first kappa shape index (κ1) is 18.8. The molecule has 1 saturated carbocycles. The van der Waals surface area contributed by atoms with E-state index in [1.54, 1.807) is 7.11 Å².